The van der Waals surface area contributed by atoms with Crippen molar-refractivity contribution in [3.63, 3.8) is 0 Å². The quantitative estimate of drug-likeness (QED) is 0.561. The van der Waals surface area contributed by atoms with Crippen LogP contribution in [0.3, 0.4) is 0 Å². The highest BCUT2D eigenvalue weighted by atomic mass is 31.1. The van der Waals surface area contributed by atoms with E-state index in [1.807, 2.05) is 12.1 Å². The number of rotatable bonds is 4. The topological polar surface area (TPSA) is 26.0 Å². The molecule has 4 aromatic rings. The van der Waals surface area contributed by atoms with Crippen molar-refractivity contribution in [1.82, 2.24) is 0 Å². The van der Waals surface area contributed by atoms with E-state index in [1.165, 1.54) is 26.7 Å². The average Bonchev–Trinajstić information content (AvgIpc) is 2.70. The number of hydrogen-bond donors (Lipinski definition) is 1. The van der Waals surface area contributed by atoms with Gasteiger partial charge in [-0.1, -0.05) is 91.0 Å². The summed E-state index contributed by atoms with van der Waals surface area (Å²) in [6.45, 7) is 0.576. The van der Waals surface area contributed by atoms with Gasteiger partial charge in [0.25, 0.3) is 0 Å². The van der Waals surface area contributed by atoms with E-state index in [0.29, 0.717) is 6.54 Å². The third-order valence-electron chi connectivity index (χ3n) is 4.40. The highest BCUT2D eigenvalue weighted by molar-refractivity contribution is 7.80. The molecule has 1 nitrogen and oxygen atoms in total. The number of fused-ring (bicyclic) bond motifs is 1. The Bertz CT molecular complexity index is 972. The lowest BCUT2D eigenvalue weighted by atomic mass is 10.1. The van der Waals surface area contributed by atoms with Crippen molar-refractivity contribution in [1.29, 1.82) is 0 Å². The molecule has 2 heteroatoms. The number of hydrogen-bond acceptors (Lipinski definition) is 1. The summed E-state index contributed by atoms with van der Waals surface area (Å²) in [5.41, 5.74) is 6.94. The van der Waals surface area contributed by atoms with Gasteiger partial charge in [0.1, 0.15) is 0 Å². The maximum absolute atomic E-state index is 5.77. The first kappa shape index (κ1) is 16.0. The van der Waals surface area contributed by atoms with Gasteiger partial charge in [-0.15, -0.1) is 0 Å². The molecule has 0 saturated heterocycles. The van der Waals surface area contributed by atoms with Crippen molar-refractivity contribution in [2.75, 3.05) is 0 Å². The first-order chi connectivity index (χ1) is 12.4. The van der Waals surface area contributed by atoms with E-state index < -0.39 is 7.92 Å². The van der Waals surface area contributed by atoms with Crippen LogP contribution in [0.4, 0.5) is 0 Å². The van der Waals surface area contributed by atoms with Gasteiger partial charge in [0.2, 0.25) is 0 Å². The van der Waals surface area contributed by atoms with E-state index >= 15 is 0 Å². The van der Waals surface area contributed by atoms with Gasteiger partial charge in [-0.25, -0.2) is 0 Å². The third kappa shape index (κ3) is 3.22. The summed E-state index contributed by atoms with van der Waals surface area (Å²) in [5.74, 6) is 0. The standard InChI is InChI=1S/C23H19NP/c24-17-18-13-15-21(16-14-18)25(20-9-2-1-3-10-20)23-12-6-8-19-7-4-5-11-22(19)23/h2-16H,17,24H2. The molecule has 0 heterocycles. The minimum absolute atomic E-state index is 0.576. The van der Waals surface area contributed by atoms with Crippen LogP contribution in [0, 0.1) is 6.07 Å². The summed E-state index contributed by atoms with van der Waals surface area (Å²) < 4.78 is 0. The third-order valence-corrected chi connectivity index (χ3v) is 6.90. The minimum atomic E-state index is -0.624. The molecule has 1 radical (unpaired) electrons. The zero-order valence-corrected chi connectivity index (χ0v) is 14.8. The van der Waals surface area contributed by atoms with Crippen LogP contribution < -0.4 is 21.6 Å². The Kier molecular flexibility index (Phi) is 4.61. The molecule has 1 atom stereocenters. The van der Waals surface area contributed by atoms with E-state index in [4.69, 9.17) is 5.73 Å². The predicted molar refractivity (Wildman–Crippen MR) is 109 cm³/mol. The Morgan fingerprint density at radius 3 is 2.16 bits per heavy atom. The molecule has 121 valence electrons. The molecule has 0 bridgehead atoms. The van der Waals surface area contributed by atoms with Crippen molar-refractivity contribution >= 4 is 34.6 Å². The van der Waals surface area contributed by atoms with Crippen LogP contribution in [0.2, 0.25) is 0 Å². The van der Waals surface area contributed by atoms with Gasteiger partial charge >= 0.3 is 0 Å². The molecule has 0 spiro atoms. The largest absolute Gasteiger partial charge is 0.326 e. The average molecular weight is 340 g/mol. The van der Waals surface area contributed by atoms with E-state index in [1.54, 1.807) is 0 Å². The Morgan fingerprint density at radius 1 is 0.720 bits per heavy atom. The van der Waals surface area contributed by atoms with Gasteiger partial charge in [0, 0.05) is 6.54 Å². The van der Waals surface area contributed by atoms with Gasteiger partial charge in [-0.3, -0.25) is 0 Å². The van der Waals surface area contributed by atoms with E-state index in [-0.39, 0.29) is 0 Å². The SMILES string of the molecule is NCc1ccc(P(c2cc[c]cc2)c2cccc3ccccc23)cc1. The van der Waals surface area contributed by atoms with Crippen LogP contribution in [0.25, 0.3) is 10.8 Å². The van der Waals surface area contributed by atoms with Crippen LogP contribution in [-0.4, -0.2) is 0 Å². The fourth-order valence-corrected chi connectivity index (χ4v) is 5.57. The summed E-state index contributed by atoms with van der Waals surface area (Å²) in [5, 5.41) is 6.68. The van der Waals surface area contributed by atoms with Crippen LogP contribution in [0.5, 0.6) is 0 Å². The zero-order chi connectivity index (χ0) is 17.1. The predicted octanol–water partition coefficient (Wildman–Crippen LogP) is 3.86. The first-order valence-electron chi connectivity index (χ1n) is 8.40. The monoisotopic (exact) mass is 340 g/mol. The molecule has 4 aromatic carbocycles. The molecule has 1 unspecified atom stereocenters. The maximum atomic E-state index is 5.77. The summed E-state index contributed by atoms with van der Waals surface area (Å²) >= 11 is 0. The summed E-state index contributed by atoms with van der Waals surface area (Å²) in [6.07, 6.45) is 0. The highest BCUT2D eigenvalue weighted by Gasteiger charge is 2.18. The Morgan fingerprint density at radius 2 is 1.40 bits per heavy atom. The van der Waals surface area contributed by atoms with Crippen LogP contribution >= 0.6 is 7.92 Å². The molecule has 0 aliphatic rings. The zero-order valence-electron chi connectivity index (χ0n) is 13.9. The molecule has 0 amide bonds. The van der Waals surface area contributed by atoms with Gasteiger partial charge in [-0.05, 0) is 46.2 Å². The lowest BCUT2D eigenvalue weighted by Gasteiger charge is -2.21. The second-order valence-corrected chi connectivity index (χ2v) is 8.15. The van der Waals surface area contributed by atoms with Gasteiger partial charge < -0.3 is 5.73 Å². The molecular formula is C23H19NP. The second kappa shape index (κ2) is 7.19. The van der Waals surface area contributed by atoms with Gasteiger partial charge in [0.15, 0.2) is 0 Å². The summed E-state index contributed by atoms with van der Waals surface area (Å²) in [6, 6.07) is 35.5. The van der Waals surface area contributed by atoms with Crippen LogP contribution in [0.1, 0.15) is 5.56 Å². The Labute approximate surface area is 149 Å². The number of benzene rings is 4. The highest BCUT2D eigenvalue weighted by Crippen LogP contribution is 2.35. The van der Waals surface area contributed by atoms with Crippen molar-refractivity contribution in [3.05, 3.63) is 103 Å². The molecule has 0 saturated carbocycles. The molecule has 2 N–H and O–H groups in total. The smallest absolute Gasteiger partial charge is 0.0178 e. The van der Waals surface area contributed by atoms with E-state index in [9.17, 15) is 0 Å². The molecule has 25 heavy (non-hydrogen) atoms. The van der Waals surface area contributed by atoms with E-state index in [2.05, 4.69) is 84.9 Å². The van der Waals surface area contributed by atoms with Crippen LogP contribution in [0.15, 0.2) is 91.0 Å². The molecule has 0 aliphatic carbocycles. The van der Waals surface area contributed by atoms with Crippen molar-refractivity contribution in [2.45, 2.75) is 6.54 Å². The fourth-order valence-electron chi connectivity index (χ4n) is 3.14. The van der Waals surface area contributed by atoms with Gasteiger partial charge in [0.05, 0.1) is 0 Å². The van der Waals surface area contributed by atoms with Crippen molar-refractivity contribution in [2.24, 2.45) is 5.73 Å². The first-order valence-corrected chi connectivity index (χ1v) is 9.74. The van der Waals surface area contributed by atoms with E-state index in [0.717, 1.165) is 5.56 Å². The second-order valence-electron chi connectivity index (χ2n) is 5.96. The molecule has 4 rings (SSSR count). The lowest BCUT2D eigenvalue weighted by molar-refractivity contribution is 1.07. The molecular weight excluding hydrogens is 321 g/mol. The Balaban J connectivity index is 1.93. The number of nitrogens with two attached hydrogens (primary N) is 1. The minimum Gasteiger partial charge on any atom is -0.326 e. The lowest BCUT2D eigenvalue weighted by Crippen LogP contribution is -2.21. The molecule has 0 aromatic heterocycles. The fraction of sp³-hybridized carbons (Fsp3) is 0.0435. The normalized spacial score (nSPS) is 12.2. The molecule has 0 aliphatic heterocycles. The molecule has 0 fully saturated rings. The van der Waals surface area contributed by atoms with Crippen molar-refractivity contribution < 1.29 is 0 Å². The van der Waals surface area contributed by atoms with Crippen molar-refractivity contribution in [3.8, 4) is 0 Å². The van der Waals surface area contributed by atoms with Crippen LogP contribution in [-0.2, 0) is 6.54 Å². The Hall–Kier alpha value is -2.47. The maximum Gasteiger partial charge on any atom is 0.0178 e. The summed E-state index contributed by atoms with van der Waals surface area (Å²) in [4.78, 5) is 0. The summed E-state index contributed by atoms with van der Waals surface area (Å²) in [7, 11) is -0.624. The van der Waals surface area contributed by atoms with Gasteiger partial charge in [-0.2, -0.15) is 0 Å².